The Labute approximate surface area is 131 Å². The van der Waals surface area contributed by atoms with E-state index >= 15 is 0 Å². The van der Waals surface area contributed by atoms with E-state index in [1.54, 1.807) is 11.1 Å². The molecule has 0 aromatic heterocycles. The van der Waals surface area contributed by atoms with Gasteiger partial charge in [0, 0.05) is 11.2 Å². The summed E-state index contributed by atoms with van der Waals surface area (Å²) >= 11 is 0. The number of benzene rings is 1. The van der Waals surface area contributed by atoms with Crippen LogP contribution in [0, 0.1) is 0 Å². The molecule has 21 heavy (non-hydrogen) atoms. The Morgan fingerprint density at radius 2 is 1.48 bits per heavy atom. The molecule has 0 amide bonds. The first-order chi connectivity index (χ1) is 9.63. The Balaban J connectivity index is 2.42. The summed E-state index contributed by atoms with van der Waals surface area (Å²) < 4.78 is 0. The molecule has 0 heterocycles. The van der Waals surface area contributed by atoms with Gasteiger partial charge in [-0.15, -0.1) is 0 Å². The van der Waals surface area contributed by atoms with Crippen molar-refractivity contribution >= 4 is 5.69 Å². The molecule has 0 fully saturated rings. The molecule has 1 N–H and O–H groups in total. The van der Waals surface area contributed by atoms with Gasteiger partial charge in [-0.1, -0.05) is 47.6 Å². The van der Waals surface area contributed by atoms with Crippen molar-refractivity contribution in [2.45, 2.75) is 90.5 Å². The number of nitrogens with one attached hydrogen (secondary N) is 1. The zero-order valence-corrected chi connectivity index (χ0v) is 15.1. The SMILES string of the molecule is CCC(C)(CC)Nc1ccc2c(c1)C(C)(C)CCC2(C)C. The normalized spacial score (nSPS) is 20.0. The number of rotatable bonds is 4. The highest BCUT2D eigenvalue weighted by Gasteiger charge is 2.37. The maximum Gasteiger partial charge on any atom is 0.0347 e. The topological polar surface area (TPSA) is 12.0 Å². The lowest BCUT2D eigenvalue weighted by molar-refractivity contribution is 0.332. The lowest BCUT2D eigenvalue weighted by atomic mass is 9.63. The van der Waals surface area contributed by atoms with Crippen molar-refractivity contribution in [2.75, 3.05) is 5.32 Å². The van der Waals surface area contributed by atoms with Gasteiger partial charge in [0.2, 0.25) is 0 Å². The lowest BCUT2D eigenvalue weighted by Crippen LogP contribution is -2.35. The van der Waals surface area contributed by atoms with Crippen LogP contribution in [0.4, 0.5) is 5.69 Å². The second kappa shape index (κ2) is 5.34. The molecule has 1 aromatic carbocycles. The minimum absolute atomic E-state index is 0.197. The molecular formula is C20H33N. The number of hydrogen-bond donors (Lipinski definition) is 1. The Hall–Kier alpha value is -0.980. The van der Waals surface area contributed by atoms with Crippen LogP contribution in [0.5, 0.6) is 0 Å². The van der Waals surface area contributed by atoms with Crippen LogP contribution < -0.4 is 5.32 Å². The van der Waals surface area contributed by atoms with Gasteiger partial charge in [0.15, 0.2) is 0 Å². The van der Waals surface area contributed by atoms with E-state index < -0.39 is 0 Å². The third kappa shape index (κ3) is 3.12. The van der Waals surface area contributed by atoms with Crippen molar-refractivity contribution < 1.29 is 0 Å². The molecule has 1 nitrogen and oxygen atoms in total. The monoisotopic (exact) mass is 287 g/mol. The van der Waals surface area contributed by atoms with Gasteiger partial charge in [0.1, 0.15) is 0 Å². The molecule has 0 spiro atoms. The highest BCUT2D eigenvalue weighted by molar-refractivity contribution is 5.54. The molecule has 1 aromatic rings. The number of fused-ring (bicyclic) bond motifs is 1. The van der Waals surface area contributed by atoms with Crippen molar-refractivity contribution in [1.29, 1.82) is 0 Å². The summed E-state index contributed by atoms with van der Waals surface area (Å²) in [6, 6.07) is 7.07. The van der Waals surface area contributed by atoms with Crippen LogP contribution in [0.1, 0.15) is 85.3 Å². The van der Waals surface area contributed by atoms with Crippen LogP contribution in [0.25, 0.3) is 0 Å². The van der Waals surface area contributed by atoms with Gasteiger partial charge in [-0.25, -0.2) is 0 Å². The fraction of sp³-hybridized carbons (Fsp3) is 0.700. The van der Waals surface area contributed by atoms with Gasteiger partial charge in [0.25, 0.3) is 0 Å². The predicted octanol–water partition coefficient (Wildman–Crippen LogP) is 6.03. The molecule has 0 aliphatic heterocycles. The molecular weight excluding hydrogens is 254 g/mol. The van der Waals surface area contributed by atoms with Crippen LogP contribution in [-0.4, -0.2) is 5.54 Å². The van der Waals surface area contributed by atoms with Crippen LogP contribution >= 0.6 is 0 Å². The van der Waals surface area contributed by atoms with Crippen LogP contribution in [0.2, 0.25) is 0 Å². The minimum Gasteiger partial charge on any atom is -0.380 e. The summed E-state index contributed by atoms with van der Waals surface area (Å²) in [7, 11) is 0. The summed E-state index contributed by atoms with van der Waals surface area (Å²) in [5.41, 5.74) is 5.16. The summed E-state index contributed by atoms with van der Waals surface area (Å²) in [6.45, 7) is 16.4. The van der Waals surface area contributed by atoms with Gasteiger partial charge in [0.05, 0.1) is 0 Å². The molecule has 0 bridgehead atoms. The Morgan fingerprint density at radius 1 is 0.952 bits per heavy atom. The van der Waals surface area contributed by atoms with Crippen LogP contribution in [0.3, 0.4) is 0 Å². The van der Waals surface area contributed by atoms with Crippen molar-refractivity contribution in [1.82, 2.24) is 0 Å². The second-order valence-corrected chi connectivity index (χ2v) is 8.42. The molecule has 0 unspecified atom stereocenters. The third-order valence-electron chi connectivity index (χ3n) is 5.86. The summed E-state index contributed by atoms with van der Waals surface area (Å²) in [4.78, 5) is 0. The fourth-order valence-corrected chi connectivity index (χ4v) is 3.44. The molecule has 1 aliphatic rings. The lowest BCUT2D eigenvalue weighted by Gasteiger charge is -2.42. The van der Waals surface area contributed by atoms with E-state index in [9.17, 15) is 0 Å². The van der Waals surface area contributed by atoms with Crippen molar-refractivity contribution in [3.05, 3.63) is 29.3 Å². The minimum atomic E-state index is 0.197. The molecule has 0 radical (unpaired) electrons. The van der Waals surface area contributed by atoms with Crippen molar-refractivity contribution in [3.8, 4) is 0 Å². The van der Waals surface area contributed by atoms with E-state index in [4.69, 9.17) is 0 Å². The number of anilines is 1. The van der Waals surface area contributed by atoms with Gasteiger partial charge >= 0.3 is 0 Å². The third-order valence-corrected chi connectivity index (χ3v) is 5.86. The maximum atomic E-state index is 3.77. The van der Waals surface area contributed by atoms with Gasteiger partial charge in [-0.3, -0.25) is 0 Å². The van der Waals surface area contributed by atoms with Gasteiger partial charge < -0.3 is 5.32 Å². The van der Waals surface area contributed by atoms with E-state index in [1.165, 1.54) is 18.5 Å². The molecule has 1 aliphatic carbocycles. The predicted molar refractivity (Wildman–Crippen MR) is 94.3 cm³/mol. The van der Waals surface area contributed by atoms with Crippen LogP contribution in [-0.2, 0) is 10.8 Å². The van der Waals surface area contributed by atoms with E-state index in [0.717, 1.165) is 12.8 Å². The van der Waals surface area contributed by atoms with E-state index in [-0.39, 0.29) is 11.0 Å². The average molecular weight is 287 g/mol. The molecule has 0 atom stereocenters. The molecule has 0 saturated heterocycles. The largest absolute Gasteiger partial charge is 0.380 e. The summed E-state index contributed by atoms with van der Waals surface area (Å²) in [5.74, 6) is 0. The molecule has 118 valence electrons. The first-order valence-corrected chi connectivity index (χ1v) is 8.57. The average Bonchev–Trinajstić information content (AvgIpc) is 2.44. The quantitative estimate of drug-likeness (QED) is 0.713. The van der Waals surface area contributed by atoms with Gasteiger partial charge in [-0.2, -0.15) is 0 Å². The number of hydrogen-bond acceptors (Lipinski definition) is 1. The Kier molecular flexibility index (Phi) is 4.17. The second-order valence-electron chi connectivity index (χ2n) is 8.42. The zero-order valence-electron chi connectivity index (χ0n) is 15.1. The van der Waals surface area contributed by atoms with Crippen molar-refractivity contribution in [2.24, 2.45) is 0 Å². The Morgan fingerprint density at radius 3 is 2.00 bits per heavy atom. The zero-order chi connectivity index (χ0) is 15.9. The van der Waals surface area contributed by atoms with Crippen LogP contribution in [0.15, 0.2) is 18.2 Å². The molecule has 2 rings (SSSR count). The van der Waals surface area contributed by atoms with Crippen molar-refractivity contribution in [3.63, 3.8) is 0 Å². The van der Waals surface area contributed by atoms with Gasteiger partial charge in [-0.05, 0) is 66.7 Å². The standard InChI is InChI=1S/C20H33N/c1-8-20(7,9-2)21-15-10-11-16-17(14-15)19(5,6)13-12-18(16,3)4/h10-11,14,21H,8-9,12-13H2,1-7H3. The fourth-order valence-electron chi connectivity index (χ4n) is 3.44. The smallest absolute Gasteiger partial charge is 0.0347 e. The highest BCUT2D eigenvalue weighted by Crippen LogP contribution is 2.46. The highest BCUT2D eigenvalue weighted by atomic mass is 15.0. The molecule has 1 heteroatoms. The molecule has 0 saturated carbocycles. The van der Waals surface area contributed by atoms with E-state index in [2.05, 4.69) is 72.0 Å². The maximum absolute atomic E-state index is 3.77. The Bertz CT molecular complexity index is 507. The summed E-state index contributed by atoms with van der Waals surface area (Å²) in [6.07, 6.45) is 4.85. The first kappa shape index (κ1) is 16.4. The van der Waals surface area contributed by atoms with E-state index in [1.807, 2.05) is 0 Å². The summed E-state index contributed by atoms with van der Waals surface area (Å²) in [5, 5.41) is 3.77. The van der Waals surface area contributed by atoms with E-state index in [0.29, 0.717) is 5.41 Å². The first-order valence-electron chi connectivity index (χ1n) is 8.57.